The van der Waals surface area contributed by atoms with E-state index < -0.39 is 0 Å². The number of carbonyl (C=O) groups excluding carboxylic acids is 1. The predicted octanol–water partition coefficient (Wildman–Crippen LogP) is 1.57. The van der Waals surface area contributed by atoms with Gasteiger partial charge in [-0.05, 0) is 33.4 Å². The minimum absolute atomic E-state index is 0.128. The fourth-order valence-electron chi connectivity index (χ4n) is 2.16. The molecule has 0 aliphatic heterocycles. The molecule has 2 rings (SSSR count). The van der Waals surface area contributed by atoms with E-state index in [1.165, 1.54) is 0 Å². The molecule has 2 aromatic heterocycles. The predicted molar refractivity (Wildman–Crippen MR) is 76.7 cm³/mol. The van der Waals surface area contributed by atoms with Crippen LogP contribution >= 0.6 is 0 Å². The number of aryl methyl sites for hydroxylation is 2. The van der Waals surface area contributed by atoms with Crippen LogP contribution in [0.5, 0.6) is 0 Å². The first-order valence-corrected chi connectivity index (χ1v) is 6.78. The van der Waals surface area contributed by atoms with Crippen LogP contribution in [0.15, 0.2) is 10.6 Å². The van der Waals surface area contributed by atoms with E-state index in [2.05, 4.69) is 20.8 Å². The highest BCUT2D eigenvalue weighted by molar-refractivity contribution is 6.06. The van der Waals surface area contributed by atoms with Gasteiger partial charge in [-0.3, -0.25) is 4.79 Å². The molecule has 0 aliphatic carbocycles. The summed E-state index contributed by atoms with van der Waals surface area (Å²) in [7, 11) is 0. The number of hydrogen-bond acceptors (Lipinski definition) is 5. The van der Waals surface area contributed by atoms with Crippen LogP contribution in [-0.2, 0) is 0 Å². The summed E-state index contributed by atoms with van der Waals surface area (Å²) in [6, 6.07) is 1.99. The van der Waals surface area contributed by atoms with Crippen molar-refractivity contribution in [3.63, 3.8) is 0 Å². The molecule has 1 amide bonds. The maximum absolute atomic E-state index is 12.3. The minimum Gasteiger partial charge on any atom is -0.350 e. The van der Waals surface area contributed by atoms with Crippen molar-refractivity contribution in [3.05, 3.63) is 23.0 Å². The monoisotopic (exact) mass is 276 g/mol. The van der Waals surface area contributed by atoms with Crippen molar-refractivity contribution in [2.24, 2.45) is 0 Å². The summed E-state index contributed by atoms with van der Waals surface area (Å²) in [6.07, 6.45) is 0. The zero-order valence-electron chi connectivity index (χ0n) is 12.3. The summed E-state index contributed by atoms with van der Waals surface area (Å²) in [5, 5.41) is 10.7. The number of likely N-dealkylation sites (N-methyl/N-ethyl adjacent to an activating group) is 1. The van der Waals surface area contributed by atoms with Gasteiger partial charge < -0.3 is 15.2 Å². The number of nitrogens with one attached hydrogen (secondary N) is 2. The van der Waals surface area contributed by atoms with Crippen molar-refractivity contribution in [2.45, 2.75) is 33.7 Å². The van der Waals surface area contributed by atoms with Gasteiger partial charge in [-0.15, -0.1) is 0 Å². The zero-order chi connectivity index (χ0) is 14.7. The van der Waals surface area contributed by atoms with Crippen molar-refractivity contribution in [2.75, 3.05) is 13.1 Å². The fourth-order valence-corrected chi connectivity index (χ4v) is 2.16. The largest absolute Gasteiger partial charge is 0.350 e. The molecule has 6 nitrogen and oxygen atoms in total. The second-order valence-electron chi connectivity index (χ2n) is 4.93. The molecule has 108 valence electrons. The number of amides is 1. The summed E-state index contributed by atoms with van der Waals surface area (Å²) in [5.41, 5.74) is 2.39. The van der Waals surface area contributed by atoms with Gasteiger partial charge in [-0.25, -0.2) is 4.98 Å². The molecule has 6 heteroatoms. The van der Waals surface area contributed by atoms with Gasteiger partial charge in [0.2, 0.25) is 0 Å². The van der Waals surface area contributed by atoms with E-state index in [9.17, 15) is 4.79 Å². The third kappa shape index (κ3) is 2.96. The quantitative estimate of drug-likeness (QED) is 0.866. The SMILES string of the molecule is CCN[C@H](C)CNC(=O)c1cc(C)nc2onc(C)c12. The molecule has 1 atom stereocenters. The lowest BCUT2D eigenvalue weighted by Gasteiger charge is -2.13. The Morgan fingerprint density at radius 1 is 1.45 bits per heavy atom. The lowest BCUT2D eigenvalue weighted by atomic mass is 10.1. The molecular weight excluding hydrogens is 256 g/mol. The second kappa shape index (κ2) is 6.00. The van der Waals surface area contributed by atoms with Gasteiger partial charge in [0.05, 0.1) is 16.6 Å². The van der Waals surface area contributed by atoms with Gasteiger partial charge in [0, 0.05) is 18.3 Å². The molecule has 0 bridgehead atoms. The van der Waals surface area contributed by atoms with Crippen LogP contribution in [-0.4, -0.2) is 35.2 Å². The lowest BCUT2D eigenvalue weighted by Crippen LogP contribution is -2.38. The van der Waals surface area contributed by atoms with E-state index in [1.807, 2.05) is 20.8 Å². The Bertz CT molecular complexity index is 621. The average molecular weight is 276 g/mol. The number of pyridine rings is 1. The summed E-state index contributed by atoms with van der Waals surface area (Å²) in [5.74, 6) is -0.128. The van der Waals surface area contributed by atoms with Crippen LogP contribution in [0.2, 0.25) is 0 Å². The van der Waals surface area contributed by atoms with Crippen molar-refractivity contribution < 1.29 is 9.32 Å². The molecule has 2 N–H and O–H groups in total. The number of carbonyl (C=O) groups is 1. The molecule has 0 unspecified atom stereocenters. The molecule has 0 aromatic carbocycles. The molecular formula is C14H20N4O2. The molecule has 2 heterocycles. The number of fused-ring (bicyclic) bond motifs is 1. The Kier molecular flexibility index (Phi) is 4.34. The molecule has 0 aliphatic rings. The van der Waals surface area contributed by atoms with Gasteiger partial charge in [0.1, 0.15) is 0 Å². The average Bonchev–Trinajstić information content (AvgIpc) is 2.77. The van der Waals surface area contributed by atoms with Crippen molar-refractivity contribution >= 4 is 17.0 Å². The lowest BCUT2D eigenvalue weighted by molar-refractivity contribution is 0.0951. The van der Waals surface area contributed by atoms with Crippen LogP contribution < -0.4 is 10.6 Å². The summed E-state index contributed by atoms with van der Waals surface area (Å²) < 4.78 is 5.13. The van der Waals surface area contributed by atoms with Crippen molar-refractivity contribution in [3.8, 4) is 0 Å². The fraction of sp³-hybridized carbons (Fsp3) is 0.500. The van der Waals surface area contributed by atoms with E-state index in [0.29, 0.717) is 28.9 Å². The Morgan fingerprint density at radius 3 is 2.90 bits per heavy atom. The standard InChI is InChI=1S/C14H20N4O2/c1-5-15-9(3)7-16-13(19)11-6-8(2)17-14-12(11)10(4)18-20-14/h6,9,15H,5,7H2,1-4H3,(H,16,19)/t9-/m1/s1. The molecule has 0 saturated heterocycles. The summed E-state index contributed by atoms with van der Waals surface area (Å²) in [6.45, 7) is 9.15. The molecule has 0 fully saturated rings. The maximum Gasteiger partial charge on any atom is 0.258 e. The van der Waals surface area contributed by atoms with E-state index >= 15 is 0 Å². The second-order valence-corrected chi connectivity index (χ2v) is 4.93. The van der Waals surface area contributed by atoms with Gasteiger partial charge >= 0.3 is 0 Å². The van der Waals surface area contributed by atoms with Gasteiger partial charge in [-0.2, -0.15) is 0 Å². The highest BCUT2D eigenvalue weighted by Gasteiger charge is 2.17. The highest BCUT2D eigenvalue weighted by atomic mass is 16.5. The Hall–Kier alpha value is -1.95. The van der Waals surface area contributed by atoms with Crippen LogP contribution in [0.25, 0.3) is 11.1 Å². The first-order valence-electron chi connectivity index (χ1n) is 6.78. The summed E-state index contributed by atoms with van der Waals surface area (Å²) >= 11 is 0. The maximum atomic E-state index is 12.3. The highest BCUT2D eigenvalue weighted by Crippen LogP contribution is 2.21. The van der Waals surface area contributed by atoms with Gasteiger partial charge in [-0.1, -0.05) is 12.1 Å². The van der Waals surface area contributed by atoms with Crippen molar-refractivity contribution in [1.29, 1.82) is 0 Å². The molecule has 20 heavy (non-hydrogen) atoms. The number of rotatable bonds is 5. The topological polar surface area (TPSA) is 80.0 Å². The van der Waals surface area contributed by atoms with E-state index in [4.69, 9.17) is 4.52 Å². The van der Waals surface area contributed by atoms with Crippen LogP contribution in [0.1, 0.15) is 35.6 Å². The van der Waals surface area contributed by atoms with Crippen LogP contribution in [0.4, 0.5) is 0 Å². The third-order valence-electron chi connectivity index (χ3n) is 3.11. The van der Waals surface area contributed by atoms with E-state index in [1.54, 1.807) is 13.0 Å². The Balaban J connectivity index is 2.23. The minimum atomic E-state index is -0.128. The van der Waals surface area contributed by atoms with Crippen molar-refractivity contribution in [1.82, 2.24) is 20.8 Å². The third-order valence-corrected chi connectivity index (χ3v) is 3.11. The normalized spacial score (nSPS) is 12.6. The number of nitrogens with zero attached hydrogens (tertiary/aromatic N) is 2. The summed E-state index contributed by atoms with van der Waals surface area (Å²) in [4.78, 5) is 16.6. The molecule has 0 saturated carbocycles. The number of hydrogen-bond donors (Lipinski definition) is 2. The van der Waals surface area contributed by atoms with Crippen LogP contribution in [0.3, 0.4) is 0 Å². The Labute approximate surface area is 117 Å². The molecule has 0 radical (unpaired) electrons. The van der Waals surface area contributed by atoms with Crippen LogP contribution in [0, 0.1) is 13.8 Å². The molecule has 2 aromatic rings. The smallest absolute Gasteiger partial charge is 0.258 e. The molecule has 0 spiro atoms. The van der Waals surface area contributed by atoms with E-state index in [0.717, 1.165) is 12.2 Å². The zero-order valence-corrected chi connectivity index (χ0v) is 12.3. The Morgan fingerprint density at radius 2 is 2.20 bits per heavy atom. The van der Waals surface area contributed by atoms with Gasteiger partial charge in [0.25, 0.3) is 11.6 Å². The van der Waals surface area contributed by atoms with Gasteiger partial charge in [0.15, 0.2) is 0 Å². The van der Waals surface area contributed by atoms with E-state index in [-0.39, 0.29) is 11.9 Å². The first kappa shape index (κ1) is 14.5. The number of aromatic nitrogens is 2. The first-order chi connectivity index (χ1) is 9.52.